The maximum absolute atomic E-state index is 12.0. The average molecular weight is 307 g/mol. The molecule has 0 saturated heterocycles. The van der Waals surface area contributed by atoms with Gasteiger partial charge in [0.25, 0.3) is 0 Å². The number of fused-ring (bicyclic) bond motifs is 1. The Morgan fingerprint density at radius 1 is 1.36 bits per heavy atom. The summed E-state index contributed by atoms with van der Waals surface area (Å²) in [5.41, 5.74) is 1.11. The van der Waals surface area contributed by atoms with Gasteiger partial charge in [0.2, 0.25) is 5.91 Å². The lowest BCUT2D eigenvalue weighted by Crippen LogP contribution is -2.45. The van der Waals surface area contributed by atoms with E-state index < -0.39 is 0 Å². The first-order valence-electron chi connectivity index (χ1n) is 7.71. The summed E-state index contributed by atoms with van der Waals surface area (Å²) in [7, 11) is 0. The van der Waals surface area contributed by atoms with Gasteiger partial charge >= 0.3 is 6.03 Å². The molecule has 0 bridgehead atoms. The maximum atomic E-state index is 12.0. The van der Waals surface area contributed by atoms with Crippen molar-refractivity contribution in [3.05, 3.63) is 23.2 Å². The van der Waals surface area contributed by atoms with E-state index in [0.29, 0.717) is 6.54 Å². The molecule has 1 unspecified atom stereocenters. The summed E-state index contributed by atoms with van der Waals surface area (Å²) < 4.78 is 5.75. The van der Waals surface area contributed by atoms with Gasteiger partial charge in [-0.15, -0.1) is 0 Å². The molecule has 0 spiro atoms. The SMILES string of the molecule is CCNC(=O)CNC(=O)NC1CC(C)(C)Cc2oc(C)cc21. The third-order valence-electron chi connectivity index (χ3n) is 3.82. The van der Waals surface area contributed by atoms with Crippen molar-refractivity contribution in [2.75, 3.05) is 13.1 Å². The number of amides is 3. The lowest BCUT2D eigenvalue weighted by Gasteiger charge is -2.34. The van der Waals surface area contributed by atoms with Crippen molar-refractivity contribution >= 4 is 11.9 Å². The van der Waals surface area contributed by atoms with Crippen LogP contribution in [0, 0.1) is 12.3 Å². The Labute approximate surface area is 131 Å². The molecule has 0 aromatic carbocycles. The van der Waals surface area contributed by atoms with Gasteiger partial charge in [-0.2, -0.15) is 0 Å². The van der Waals surface area contributed by atoms with Crippen molar-refractivity contribution in [1.29, 1.82) is 0 Å². The van der Waals surface area contributed by atoms with Crippen LogP contribution in [0.25, 0.3) is 0 Å². The third kappa shape index (κ3) is 4.02. The van der Waals surface area contributed by atoms with E-state index in [9.17, 15) is 9.59 Å². The highest BCUT2D eigenvalue weighted by Gasteiger charge is 2.35. The van der Waals surface area contributed by atoms with Crippen LogP contribution in [-0.2, 0) is 11.2 Å². The molecular formula is C16H25N3O3. The maximum Gasteiger partial charge on any atom is 0.315 e. The van der Waals surface area contributed by atoms with Gasteiger partial charge in [0.05, 0.1) is 12.6 Å². The standard InChI is InChI=1S/C16H25N3O3/c1-5-17-14(20)9-18-15(21)19-12-7-16(3,4)8-13-11(12)6-10(2)22-13/h6,12H,5,7-9H2,1-4H3,(H,17,20)(H2,18,19,21). The minimum absolute atomic E-state index is 0.0208. The van der Waals surface area contributed by atoms with Gasteiger partial charge in [-0.05, 0) is 31.7 Å². The molecule has 0 saturated carbocycles. The van der Waals surface area contributed by atoms with Gasteiger partial charge < -0.3 is 20.4 Å². The Morgan fingerprint density at radius 3 is 2.77 bits per heavy atom. The van der Waals surface area contributed by atoms with Crippen LogP contribution in [0.15, 0.2) is 10.5 Å². The van der Waals surface area contributed by atoms with Crippen molar-refractivity contribution in [3.8, 4) is 0 Å². The van der Waals surface area contributed by atoms with Crippen molar-refractivity contribution in [2.45, 2.75) is 46.6 Å². The second-order valence-electron chi connectivity index (χ2n) is 6.61. The van der Waals surface area contributed by atoms with E-state index in [0.717, 1.165) is 29.9 Å². The third-order valence-corrected chi connectivity index (χ3v) is 3.82. The molecule has 2 rings (SSSR count). The normalized spacial score (nSPS) is 19.2. The highest BCUT2D eigenvalue weighted by Crippen LogP contribution is 2.41. The van der Waals surface area contributed by atoms with Crippen LogP contribution in [0.1, 0.15) is 50.3 Å². The Morgan fingerprint density at radius 2 is 2.09 bits per heavy atom. The number of likely N-dealkylation sites (N-methyl/N-ethyl adjacent to an activating group) is 1. The molecule has 22 heavy (non-hydrogen) atoms. The minimum Gasteiger partial charge on any atom is -0.466 e. The average Bonchev–Trinajstić information content (AvgIpc) is 2.76. The summed E-state index contributed by atoms with van der Waals surface area (Å²) in [5.74, 6) is 1.61. The summed E-state index contributed by atoms with van der Waals surface area (Å²) in [6, 6.07) is 1.56. The fraction of sp³-hybridized carbons (Fsp3) is 0.625. The zero-order valence-electron chi connectivity index (χ0n) is 13.7. The van der Waals surface area contributed by atoms with Crippen LogP contribution in [-0.4, -0.2) is 25.0 Å². The van der Waals surface area contributed by atoms with Crippen LogP contribution >= 0.6 is 0 Å². The summed E-state index contributed by atoms with van der Waals surface area (Å²) in [6.45, 7) is 8.61. The molecule has 1 aliphatic carbocycles. The first-order valence-corrected chi connectivity index (χ1v) is 7.71. The van der Waals surface area contributed by atoms with E-state index in [2.05, 4.69) is 29.8 Å². The molecule has 1 aliphatic rings. The Kier molecular flexibility index (Phi) is 4.78. The number of nitrogens with one attached hydrogen (secondary N) is 3. The fourth-order valence-electron chi connectivity index (χ4n) is 2.94. The van der Waals surface area contributed by atoms with Crippen molar-refractivity contribution in [3.63, 3.8) is 0 Å². The molecule has 3 amide bonds. The minimum atomic E-state index is -0.334. The molecule has 0 radical (unpaired) electrons. The summed E-state index contributed by atoms with van der Waals surface area (Å²) >= 11 is 0. The predicted molar refractivity (Wildman–Crippen MR) is 83.5 cm³/mol. The van der Waals surface area contributed by atoms with E-state index in [-0.39, 0.29) is 29.9 Å². The number of rotatable bonds is 4. The number of carbonyl (C=O) groups excluding carboxylic acids is 2. The zero-order chi connectivity index (χ0) is 16.3. The number of urea groups is 1. The van der Waals surface area contributed by atoms with Crippen LogP contribution in [0.4, 0.5) is 4.79 Å². The van der Waals surface area contributed by atoms with Crippen LogP contribution in [0.3, 0.4) is 0 Å². The smallest absolute Gasteiger partial charge is 0.315 e. The molecule has 0 fully saturated rings. The fourth-order valence-corrected chi connectivity index (χ4v) is 2.94. The molecule has 0 aliphatic heterocycles. The topological polar surface area (TPSA) is 83.4 Å². The van der Waals surface area contributed by atoms with E-state index >= 15 is 0 Å². The monoisotopic (exact) mass is 307 g/mol. The van der Waals surface area contributed by atoms with Gasteiger partial charge in [0.1, 0.15) is 11.5 Å². The molecule has 1 atom stereocenters. The largest absolute Gasteiger partial charge is 0.466 e. The zero-order valence-corrected chi connectivity index (χ0v) is 13.7. The van der Waals surface area contributed by atoms with Gasteiger partial charge in [0, 0.05) is 18.5 Å². The van der Waals surface area contributed by atoms with Crippen LogP contribution in [0.5, 0.6) is 0 Å². The second kappa shape index (κ2) is 6.42. The molecular weight excluding hydrogens is 282 g/mol. The number of furan rings is 1. The van der Waals surface area contributed by atoms with E-state index in [4.69, 9.17) is 4.42 Å². The van der Waals surface area contributed by atoms with E-state index in [1.807, 2.05) is 19.9 Å². The van der Waals surface area contributed by atoms with Crippen molar-refractivity contribution < 1.29 is 14.0 Å². The number of hydrogen-bond donors (Lipinski definition) is 3. The first-order chi connectivity index (χ1) is 10.3. The van der Waals surface area contributed by atoms with Crippen LogP contribution < -0.4 is 16.0 Å². The predicted octanol–water partition coefficient (Wildman–Crippen LogP) is 2.04. The van der Waals surface area contributed by atoms with Gasteiger partial charge in [-0.3, -0.25) is 4.79 Å². The lowest BCUT2D eigenvalue weighted by molar-refractivity contribution is -0.120. The van der Waals surface area contributed by atoms with E-state index in [1.165, 1.54) is 0 Å². The molecule has 1 aromatic heterocycles. The van der Waals surface area contributed by atoms with Gasteiger partial charge in [-0.1, -0.05) is 13.8 Å². The number of carbonyl (C=O) groups is 2. The Hall–Kier alpha value is -1.98. The summed E-state index contributed by atoms with van der Waals surface area (Å²) in [4.78, 5) is 23.4. The second-order valence-corrected chi connectivity index (χ2v) is 6.61. The summed E-state index contributed by atoms with van der Waals surface area (Å²) in [5, 5.41) is 8.18. The van der Waals surface area contributed by atoms with Crippen molar-refractivity contribution in [2.24, 2.45) is 5.41 Å². The lowest BCUT2D eigenvalue weighted by atomic mass is 9.75. The number of aryl methyl sites for hydroxylation is 1. The van der Waals surface area contributed by atoms with Crippen LogP contribution in [0.2, 0.25) is 0 Å². The molecule has 6 heteroatoms. The Bertz CT molecular complexity index is 563. The quantitative estimate of drug-likeness (QED) is 0.796. The highest BCUT2D eigenvalue weighted by atomic mass is 16.3. The van der Waals surface area contributed by atoms with E-state index in [1.54, 1.807) is 0 Å². The molecule has 1 heterocycles. The van der Waals surface area contributed by atoms with Crippen molar-refractivity contribution in [1.82, 2.24) is 16.0 Å². The highest BCUT2D eigenvalue weighted by molar-refractivity contribution is 5.84. The molecule has 122 valence electrons. The first kappa shape index (κ1) is 16.4. The number of hydrogen-bond acceptors (Lipinski definition) is 3. The summed E-state index contributed by atoms with van der Waals surface area (Å²) in [6.07, 6.45) is 1.71. The van der Waals surface area contributed by atoms with Gasteiger partial charge in [0.15, 0.2) is 0 Å². The van der Waals surface area contributed by atoms with Gasteiger partial charge in [-0.25, -0.2) is 4.79 Å². The molecule has 3 N–H and O–H groups in total. The Balaban J connectivity index is 1.99. The molecule has 6 nitrogen and oxygen atoms in total. The molecule has 1 aromatic rings.